The van der Waals surface area contributed by atoms with Gasteiger partial charge in [0.25, 0.3) is 5.91 Å². The number of ether oxygens (including phenoxy) is 2. The molecule has 1 aliphatic heterocycles. The number of hydrogen-bond acceptors (Lipinski definition) is 4. The van der Waals surface area contributed by atoms with Gasteiger partial charge in [-0.15, -0.1) is 0 Å². The zero-order valence-electron chi connectivity index (χ0n) is 15.4. The molecule has 1 N–H and O–H groups in total. The normalized spacial score (nSPS) is 22.8. The lowest BCUT2D eigenvalue weighted by molar-refractivity contribution is -0.130. The van der Waals surface area contributed by atoms with E-state index in [9.17, 15) is 9.59 Å². The minimum atomic E-state index is -0.565. The van der Waals surface area contributed by atoms with Crippen LogP contribution in [0.25, 0.3) is 0 Å². The molecule has 140 valence electrons. The number of rotatable bonds is 5. The van der Waals surface area contributed by atoms with Crippen LogP contribution in [0, 0.1) is 0 Å². The summed E-state index contributed by atoms with van der Waals surface area (Å²) >= 11 is 0. The first-order chi connectivity index (χ1) is 12.6. The van der Waals surface area contributed by atoms with Crippen molar-refractivity contribution in [2.24, 2.45) is 0 Å². The summed E-state index contributed by atoms with van der Waals surface area (Å²) in [5.74, 6) is -0.0304. The molecule has 3 aliphatic rings. The standard InChI is InChI=1S/C21H27NO4/c1-13(26-12-16-6-2-3-10-25-16)21(24)22-20-17-7-4-5-14(17)11-15-8-9-18(23)19(15)20/h11,13,16H,2-10,12H2,1H3,(H,22,24). The average molecular weight is 357 g/mol. The fourth-order valence-electron chi connectivity index (χ4n) is 4.32. The highest BCUT2D eigenvalue weighted by molar-refractivity contribution is 6.09. The van der Waals surface area contributed by atoms with Gasteiger partial charge in [0.05, 0.1) is 18.4 Å². The molecule has 5 nitrogen and oxygen atoms in total. The van der Waals surface area contributed by atoms with E-state index in [-0.39, 0.29) is 17.8 Å². The van der Waals surface area contributed by atoms with E-state index >= 15 is 0 Å². The van der Waals surface area contributed by atoms with E-state index in [1.165, 1.54) is 5.56 Å². The van der Waals surface area contributed by atoms with E-state index in [2.05, 4.69) is 11.4 Å². The van der Waals surface area contributed by atoms with E-state index in [1.54, 1.807) is 6.92 Å². The van der Waals surface area contributed by atoms with Gasteiger partial charge in [0.2, 0.25) is 0 Å². The van der Waals surface area contributed by atoms with Crippen LogP contribution in [0.3, 0.4) is 0 Å². The fraction of sp³-hybridized carbons (Fsp3) is 0.619. The maximum atomic E-state index is 12.7. The summed E-state index contributed by atoms with van der Waals surface area (Å²) in [6, 6.07) is 2.18. The van der Waals surface area contributed by atoms with Crippen LogP contribution in [-0.2, 0) is 33.5 Å². The van der Waals surface area contributed by atoms with Crippen molar-refractivity contribution < 1.29 is 19.1 Å². The first-order valence-corrected chi connectivity index (χ1v) is 9.88. The molecule has 2 unspecified atom stereocenters. The highest BCUT2D eigenvalue weighted by Crippen LogP contribution is 2.38. The molecule has 0 spiro atoms. The number of carbonyl (C=O) groups excluding carboxylic acids is 2. The Morgan fingerprint density at radius 2 is 2.12 bits per heavy atom. The van der Waals surface area contributed by atoms with Crippen LogP contribution in [0.1, 0.15) is 66.1 Å². The van der Waals surface area contributed by atoms with Crippen molar-refractivity contribution in [3.63, 3.8) is 0 Å². The largest absolute Gasteiger partial charge is 0.376 e. The highest BCUT2D eigenvalue weighted by atomic mass is 16.5. The summed E-state index contributed by atoms with van der Waals surface area (Å²) in [5, 5.41) is 3.03. The van der Waals surface area contributed by atoms with Crippen LogP contribution < -0.4 is 5.32 Å². The number of Topliss-reactive ketones (excluding diaryl/α,β-unsaturated/α-hetero) is 1. The number of ketones is 1. The Balaban J connectivity index is 1.46. The van der Waals surface area contributed by atoms with Crippen LogP contribution in [0.4, 0.5) is 5.69 Å². The van der Waals surface area contributed by atoms with Crippen molar-refractivity contribution in [1.29, 1.82) is 0 Å². The summed E-state index contributed by atoms with van der Waals surface area (Å²) in [4.78, 5) is 25.1. The van der Waals surface area contributed by atoms with E-state index in [0.29, 0.717) is 13.0 Å². The first-order valence-electron chi connectivity index (χ1n) is 9.88. The zero-order valence-corrected chi connectivity index (χ0v) is 15.4. The molecular weight excluding hydrogens is 330 g/mol. The second kappa shape index (κ2) is 7.49. The zero-order chi connectivity index (χ0) is 18.1. The van der Waals surface area contributed by atoms with Gasteiger partial charge < -0.3 is 14.8 Å². The Morgan fingerprint density at radius 3 is 2.92 bits per heavy atom. The number of aryl methyl sites for hydroxylation is 2. The van der Waals surface area contributed by atoms with Crippen LogP contribution in [0.2, 0.25) is 0 Å². The molecule has 1 amide bonds. The summed E-state index contributed by atoms with van der Waals surface area (Å²) in [7, 11) is 0. The predicted octanol–water partition coefficient (Wildman–Crippen LogP) is 3.22. The molecule has 0 bridgehead atoms. The second-order valence-electron chi connectivity index (χ2n) is 7.65. The van der Waals surface area contributed by atoms with Gasteiger partial charge in [-0.05, 0) is 68.6 Å². The Hall–Kier alpha value is -1.72. The Labute approximate surface area is 154 Å². The van der Waals surface area contributed by atoms with Crippen LogP contribution >= 0.6 is 0 Å². The average Bonchev–Trinajstić information content (AvgIpc) is 3.27. The Morgan fingerprint density at radius 1 is 1.23 bits per heavy atom. The third-order valence-corrected chi connectivity index (χ3v) is 5.81. The molecule has 5 heteroatoms. The molecule has 4 rings (SSSR count). The topological polar surface area (TPSA) is 64.6 Å². The van der Waals surface area contributed by atoms with Crippen molar-refractivity contribution in [3.8, 4) is 0 Å². The van der Waals surface area contributed by atoms with Crippen molar-refractivity contribution in [1.82, 2.24) is 0 Å². The molecule has 1 saturated heterocycles. The SMILES string of the molecule is CC(OCC1CCCCO1)C(=O)Nc1c2c(cc3c1C(=O)CC3)CCC2. The van der Waals surface area contributed by atoms with E-state index in [0.717, 1.165) is 73.9 Å². The first kappa shape index (κ1) is 17.7. The molecule has 26 heavy (non-hydrogen) atoms. The van der Waals surface area contributed by atoms with Crippen LogP contribution in [-0.4, -0.2) is 37.1 Å². The number of benzene rings is 1. The highest BCUT2D eigenvalue weighted by Gasteiger charge is 2.30. The second-order valence-corrected chi connectivity index (χ2v) is 7.65. The van der Waals surface area contributed by atoms with Crippen LogP contribution in [0.5, 0.6) is 0 Å². The molecule has 0 aromatic heterocycles. The summed E-state index contributed by atoms with van der Waals surface area (Å²) in [5.41, 5.74) is 5.02. The number of anilines is 1. The van der Waals surface area contributed by atoms with Crippen LogP contribution in [0.15, 0.2) is 6.07 Å². The summed E-state index contributed by atoms with van der Waals surface area (Å²) in [6.45, 7) is 2.99. The van der Waals surface area contributed by atoms with E-state index in [4.69, 9.17) is 9.47 Å². The van der Waals surface area contributed by atoms with Gasteiger partial charge in [0, 0.05) is 18.6 Å². The van der Waals surface area contributed by atoms with Gasteiger partial charge in [-0.1, -0.05) is 6.07 Å². The quantitative estimate of drug-likeness (QED) is 0.879. The van der Waals surface area contributed by atoms with Crippen molar-refractivity contribution in [3.05, 3.63) is 28.3 Å². The van der Waals surface area contributed by atoms with Crippen molar-refractivity contribution >= 4 is 17.4 Å². The monoisotopic (exact) mass is 357 g/mol. The minimum absolute atomic E-state index is 0.0887. The lowest BCUT2D eigenvalue weighted by Gasteiger charge is -2.24. The third-order valence-electron chi connectivity index (χ3n) is 5.81. The smallest absolute Gasteiger partial charge is 0.253 e. The number of nitrogens with one attached hydrogen (secondary N) is 1. The molecule has 1 aromatic rings. The minimum Gasteiger partial charge on any atom is -0.376 e. The van der Waals surface area contributed by atoms with Gasteiger partial charge in [-0.25, -0.2) is 0 Å². The number of fused-ring (bicyclic) bond motifs is 2. The van der Waals surface area contributed by atoms with Gasteiger partial charge in [0.15, 0.2) is 5.78 Å². The Bertz CT molecular complexity index is 721. The molecule has 2 aliphatic carbocycles. The predicted molar refractivity (Wildman–Crippen MR) is 98.8 cm³/mol. The molecule has 0 saturated carbocycles. The lowest BCUT2D eigenvalue weighted by Crippen LogP contribution is -2.33. The number of amides is 1. The van der Waals surface area contributed by atoms with Crippen molar-refractivity contribution in [2.75, 3.05) is 18.5 Å². The van der Waals surface area contributed by atoms with E-state index in [1.807, 2.05) is 0 Å². The molecule has 1 fully saturated rings. The lowest BCUT2D eigenvalue weighted by atomic mass is 9.98. The number of carbonyl (C=O) groups is 2. The van der Waals surface area contributed by atoms with Gasteiger partial charge in [-0.2, -0.15) is 0 Å². The molecule has 0 radical (unpaired) electrons. The summed E-state index contributed by atoms with van der Waals surface area (Å²) < 4.78 is 11.4. The van der Waals surface area contributed by atoms with Gasteiger partial charge in [-0.3, -0.25) is 9.59 Å². The molecule has 2 atom stereocenters. The maximum absolute atomic E-state index is 12.7. The van der Waals surface area contributed by atoms with E-state index < -0.39 is 6.10 Å². The molecule has 1 aromatic carbocycles. The Kier molecular flexibility index (Phi) is 5.09. The number of hydrogen-bond donors (Lipinski definition) is 1. The van der Waals surface area contributed by atoms with Gasteiger partial charge >= 0.3 is 0 Å². The van der Waals surface area contributed by atoms with Crippen molar-refractivity contribution in [2.45, 2.75) is 70.5 Å². The maximum Gasteiger partial charge on any atom is 0.253 e. The molecular formula is C21H27NO4. The fourth-order valence-corrected chi connectivity index (χ4v) is 4.32. The molecule has 1 heterocycles. The van der Waals surface area contributed by atoms with Gasteiger partial charge in [0.1, 0.15) is 6.10 Å². The third kappa shape index (κ3) is 3.42. The summed E-state index contributed by atoms with van der Waals surface area (Å²) in [6.07, 6.45) is 7.14.